The molecule has 4 N–H and O–H groups in total. The van der Waals surface area contributed by atoms with Crippen molar-refractivity contribution in [1.82, 2.24) is 25.4 Å². The molecule has 8 heteroatoms. The quantitative estimate of drug-likeness (QED) is 0.681. The van der Waals surface area contributed by atoms with E-state index in [1.807, 2.05) is 11.0 Å². The monoisotopic (exact) mass is 436 g/mol. The first-order chi connectivity index (χ1) is 15.6. The van der Waals surface area contributed by atoms with E-state index in [1.165, 1.54) is 12.8 Å². The standard InChI is InChI=1S/C24H32N6O2/c25-22-18(23(31)26-16-5-1-2-6-16)9-10-19(27-22)15-11-13-30(14-12-15)24(32)21-17-7-3-4-8-20(17)28-29-21/h9-10,15-16H,1-8,11-14H2,(H2,25,27)(H,26,31)(H,28,29). The van der Waals surface area contributed by atoms with Crippen LogP contribution in [-0.4, -0.2) is 51.0 Å². The number of carbonyl (C=O) groups excluding carboxylic acids is 2. The molecule has 0 aromatic carbocycles. The fourth-order valence-electron chi connectivity index (χ4n) is 5.43. The summed E-state index contributed by atoms with van der Waals surface area (Å²) in [5, 5.41) is 10.5. The Bertz CT molecular complexity index is 1000. The number of aromatic nitrogens is 3. The Morgan fingerprint density at radius 1 is 1.03 bits per heavy atom. The van der Waals surface area contributed by atoms with Crippen LogP contribution >= 0.6 is 0 Å². The van der Waals surface area contributed by atoms with Gasteiger partial charge in [-0.3, -0.25) is 14.7 Å². The third kappa shape index (κ3) is 4.10. The molecule has 0 unspecified atom stereocenters. The summed E-state index contributed by atoms with van der Waals surface area (Å²) in [5.74, 6) is 0.437. The molecule has 2 fully saturated rings. The summed E-state index contributed by atoms with van der Waals surface area (Å²) in [5.41, 5.74) is 10.4. The van der Waals surface area contributed by atoms with Gasteiger partial charge in [0.25, 0.3) is 11.8 Å². The smallest absolute Gasteiger partial charge is 0.274 e. The Morgan fingerprint density at radius 3 is 2.53 bits per heavy atom. The molecule has 0 radical (unpaired) electrons. The number of hydrogen-bond donors (Lipinski definition) is 3. The molecule has 3 heterocycles. The molecule has 170 valence electrons. The number of nitrogens with one attached hydrogen (secondary N) is 2. The first-order valence-electron chi connectivity index (χ1n) is 12.0. The lowest BCUT2D eigenvalue weighted by molar-refractivity contribution is 0.0704. The highest BCUT2D eigenvalue weighted by atomic mass is 16.2. The van der Waals surface area contributed by atoms with E-state index in [1.54, 1.807) is 6.07 Å². The van der Waals surface area contributed by atoms with Gasteiger partial charge >= 0.3 is 0 Å². The van der Waals surface area contributed by atoms with Crippen molar-refractivity contribution in [1.29, 1.82) is 0 Å². The van der Waals surface area contributed by atoms with Gasteiger partial charge in [0.15, 0.2) is 5.69 Å². The highest BCUT2D eigenvalue weighted by Crippen LogP contribution is 2.30. The van der Waals surface area contributed by atoms with E-state index >= 15 is 0 Å². The molecule has 2 aromatic heterocycles. The van der Waals surface area contributed by atoms with Gasteiger partial charge in [0, 0.05) is 42.0 Å². The minimum absolute atomic E-state index is 0.0363. The van der Waals surface area contributed by atoms with E-state index in [2.05, 4.69) is 20.5 Å². The molecule has 0 atom stereocenters. The first kappa shape index (κ1) is 21.0. The lowest BCUT2D eigenvalue weighted by Crippen LogP contribution is -2.38. The number of nitrogens with zero attached hydrogens (tertiary/aromatic N) is 3. The molecule has 1 aliphatic heterocycles. The minimum atomic E-state index is -0.129. The summed E-state index contributed by atoms with van der Waals surface area (Å²) in [4.78, 5) is 32.1. The number of carbonyl (C=O) groups is 2. The largest absolute Gasteiger partial charge is 0.383 e. The van der Waals surface area contributed by atoms with Crippen molar-refractivity contribution in [3.63, 3.8) is 0 Å². The Hall–Kier alpha value is -2.90. The summed E-state index contributed by atoms with van der Waals surface area (Å²) in [6.45, 7) is 1.35. The number of pyridine rings is 1. The van der Waals surface area contributed by atoms with Crippen LogP contribution < -0.4 is 11.1 Å². The number of rotatable bonds is 4. The van der Waals surface area contributed by atoms with E-state index in [9.17, 15) is 9.59 Å². The highest BCUT2D eigenvalue weighted by Gasteiger charge is 2.30. The predicted octanol–water partition coefficient (Wildman–Crippen LogP) is 2.96. The van der Waals surface area contributed by atoms with Crippen molar-refractivity contribution < 1.29 is 9.59 Å². The van der Waals surface area contributed by atoms with Crippen LogP contribution in [0.25, 0.3) is 0 Å². The Labute approximate surface area is 188 Å². The Morgan fingerprint density at radius 2 is 1.78 bits per heavy atom. The van der Waals surface area contributed by atoms with Gasteiger partial charge in [-0.25, -0.2) is 4.98 Å². The maximum Gasteiger partial charge on any atom is 0.274 e. The van der Waals surface area contributed by atoms with E-state index in [0.717, 1.165) is 68.3 Å². The molecule has 1 saturated carbocycles. The third-order valence-electron chi connectivity index (χ3n) is 7.34. The zero-order chi connectivity index (χ0) is 22.1. The normalized spacial score (nSPS) is 19.7. The molecular formula is C24H32N6O2. The number of nitrogen functional groups attached to an aromatic ring is 1. The summed E-state index contributed by atoms with van der Waals surface area (Å²) in [6, 6.07) is 3.98. The number of hydrogen-bond acceptors (Lipinski definition) is 5. The average Bonchev–Trinajstić information content (AvgIpc) is 3.48. The Kier molecular flexibility index (Phi) is 5.85. The number of aryl methyl sites for hydroxylation is 1. The second-order valence-corrected chi connectivity index (χ2v) is 9.43. The van der Waals surface area contributed by atoms with Gasteiger partial charge in [0.1, 0.15) is 5.82 Å². The summed E-state index contributed by atoms with van der Waals surface area (Å²) in [7, 11) is 0. The number of amides is 2. The number of piperidine rings is 1. The maximum atomic E-state index is 13.1. The SMILES string of the molecule is Nc1nc(C2CCN(C(=O)c3n[nH]c4c3CCCC4)CC2)ccc1C(=O)NC1CCCC1. The van der Waals surface area contributed by atoms with Crippen LogP contribution in [0.15, 0.2) is 12.1 Å². The van der Waals surface area contributed by atoms with Gasteiger partial charge < -0.3 is 16.0 Å². The van der Waals surface area contributed by atoms with Crippen molar-refractivity contribution in [3.8, 4) is 0 Å². The van der Waals surface area contributed by atoms with Crippen LogP contribution in [-0.2, 0) is 12.8 Å². The van der Waals surface area contributed by atoms with Crippen molar-refractivity contribution in [2.45, 2.75) is 76.2 Å². The Balaban J connectivity index is 1.20. The van der Waals surface area contributed by atoms with Crippen molar-refractivity contribution >= 4 is 17.6 Å². The summed E-state index contributed by atoms with van der Waals surface area (Å²) >= 11 is 0. The van der Waals surface area contributed by atoms with E-state index < -0.39 is 0 Å². The van der Waals surface area contributed by atoms with Crippen LogP contribution in [0.2, 0.25) is 0 Å². The van der Waals surface area contributed by atoms with Crippen LogP contribution in [0.1, 0.15) is 95.1 Å². The van der Waals surface area contributed by atoms with Crippen molar-refractivity contribution in [3.05, 3.63) is 40.3 Å². The number of anilines is 1. The van der Waals surface area contributed by atoms with Crippen LogP contribution in [0.5, 0.6) is 0 Å². The zero-order valence-corrected chi connectivity index (χ0v) is 18.5. The van der Waals surface area contributed by atoms with Crippen molar-refractivity contribution in [2.24, 2.45) is 0 Å². The topological polar surface area (TPSA) is 117 Å². The highest BCUT2D eigenvalue weighted by molar-refractivity contribution is 5.98. The fraction of sp³-hybridized carbons (Fsp3) is 0.583. The number of nitrogens with two attached hydrogens (primary N) is 1. The lowest BCUT2D eigenvalue weighted by Gasteiger charge is -2.31. The number of H-pyrrole nitrogens is 1. The third-order valence-corrected chi connectivity index (χ3v) is 7.34. The second kappa shape index (κ2) is 8.92. The molecule has 5 rings (SSSR count). The van der Waals surface area contributed by atoms with Crippen LogP contribution in [0.4, 0.5) is 5.82 Å². The summed E-state index contributed by atoms with van der Waals surface area (Å²) in [6.07, 6.45) is 10.3. The van der Waals surface area contributed by atoms with Gasteiger partial charge in [-0.2, -0.15) is 5.10 Å². The van der Waals surface area contributed by atoms with Crippen LogP contribution in [0.3, 0.4) is 0 Å². The molecule has 2 aliphatic carbocycles. The maximum absolute atomic E-state index is 13.1. The van der Waals surface area contributed by atoms with E-state index in [-0.39, 0.29) is 23.8 Å². The van der Waals surface area contributed by atoms with Crippen LogP contribution in [0, 0.1) is 0 Å². The fourth-order valence-corrected chi connectivity index (χ4v) is 5.43. The number of aromatic amines is 1. The molecule has 2 aromatic rings. The van der Waals surface area contributed by atoms with Gasteiger partial charge in [0.05, 0.1) is 5.56 Å². The predicted molar refractivity (Wildman–Crippen MR) is 121 cm³/mol. The van der Waals surface area contributed by atoms with Gasteiger partial charge in [0.2, 0.25) is 0 Å². The molecule has 3 aliphatic rings. The van der Waals surface area contributed by atoms with Gasteiger partial charge in [-0.15, -0.1) is 0 Å². The molecule has 2 amide bonds. The van der Waals surface area contributed by atoms with E-state index in [4.69, 9.17) is 5.73 Å². The molecule has 0 spiro atoms. The van der Waals surface area contributed by atoms with Crippen molar-refractivity contribution in [2.75, 3.05) is 18.8 Å². The van der Waals surface area contributed by atoms with Gasteiger partial charge in [-0.05, 0) is 63.5 Å². The molecule has 1 saturated heterocycles. The van der Waals surface area contributed by atoms with Gasteiger partial charge in [-0.1, -0.05) is 12.8 Å². The molecular weight excluding hydrogens is 404 g/mol. The average molecular weight is 437 g/mol. The lowest BCUT2D eigenvalue weighted by atomic mass is 9.91. The second-order valence-electron chi connectivity index (χ2n) is 9.43. The molecule has 0 bridgehead atoms. The number of likely N-dealkylation sites (tertiary alicyclic amines) is 1. The minimum Gasteiger partial charge on any atom is -0.383 e. The number of fused-ring (bicyclic) bond motifs is 1. The first-order valence-corrected chi connectivity index (χ1v) is 12.0. The zero-order valence-electron chi connectivity index (χ0n) is 18.5. The van der Waals surface area contributed by atoms with E-state index in [0.29, 0.717) is 30.2 Å². The molecule has 8 nitrogen and oxygen atoms in total. The molecule has 32 heavy (non-hydrogen) atoms. The summed E-state index contributed by atoms with van der Waals surface area (Å²) < 4.78 is 0.